The molecular weight excluding hydrogens is 1140 g/mol. The second kappa shape index (κ2) is 32.4. The van der Waals surface area contributed by atoms with Gasteiger partial charge < -0.3 is 47.2 Å². The molecule has 7 atom stereocenters. The molecule has 3 aliphatic heterocycles. The van der Waals surface area contributed by atoms with Gasteiger partial charge in [0, 0.05) is 13.1 Å². The Morgan fingerprint density at radius 1 is 0.500 bits per heavy atom. The number of amides is 3. The highest BCUT2D eigenvalue weighted by Crippen LogP contribution is 2.28. The molecule has 3 saturated heterocycles. The van der Waals surface area contributed by atoms with E-state index in [1.165, 1.54) is 56.2 Å². The average Bonchev–Trinajstić information content (AvgIpc) is 3.81. The van der Waals surface area contributed by atoms with Gasteiger partial charge in [-0.2, -0.15) is 0 Å². The summed E-state index contributed by atoms with van der Waals surface area (Å²) in [5, 5.41) is 73.0. The van der Waals surface area contributed by atoms with Crippen LogP contribution in [0.3, 0.4) is 0 Å². The minimum absolute atomic E-state index is 0.103. The normalized spacial score (nSPS) is 20.1. The first-order valence-electron chi connectivity index (χ1n) is 31.8. The Bertz CT molecular complexity index is 3500. The van der Waals surface area contributed by atoms with Crippen molar-refractivity contribution in [3.8, 4) is 17.1 Å². The van der Waals surface area contributed by atoms with Gasteiger partial charge in [0.15, 0.2) is 0 Å². The van der Waals surface area contributed by atoms with Crippen LogP contribution in [0, 0.1) is 11.7 Å². The highest BCUT2D eigenvalue weighted by Gasteiger charge is 2.33. The van der Waals surface area contributed by atoms with Gasteiger partial charge in [-0.25, -0.2) is 18.4 Å². The fraction of sp³-hybridized carbons (Fsp3) is 0.426. The molecule has 3 amide bonds. The van der Waals surface area contributed by atoms with E-state index in [0.29, 0.717) is 52.0 Å². The van der Waals surface area contributed by atoms with Crippen LogP contribution in [-0.2, 0) is 59.6 Å². The van der Waals surface area contributed by atoms with Crippen LogP contribution in [0.4, 0.5) is 4.39 Å². The number of aromatic nitrogens is 9. The fourth-order valence-electron chi connectivity index (χ4n) is 11.8. The minimum Gasteiger partial charge on any atom is -0.391 e. The maximum Gasteiger partial charge on any atom is 0.240 e. The van der Waals surface area contributed by atoms with Crippen molar-refractivity contribution in [3.63, 3.8) is 0 Å². The average molecular weight is 1230 g/mol. The summed E-state index contributed by atoms with van der Waals surface area (Å²) >= 11 is 0. The zero-order valence-electron chi connectivity index (χ0n) is 51.1. The standard InChI is InChI=1S/C24H29N5O2.C22H24FN5O2.C22H31N5O2/c1-2-21(26-24(31)23-22(30)14-15-25-23)18-9-12-20(13-10-18)29-16-19(27-28-29)11-8-17-6-4-3-5-7-17;23-17-6-1-15(2-7-17)3-8-18-14-28(27-26-18)19-9-4-16(5-10-19)13-25-22(30)21-20(29)11-12-24-21;28-20-12-13-23-21(20)22(29)24-14-17-7-10-19(11-8-17)27-15-18(25-26-27)9-6-16-4-2-1-3-5-16/h3-7,9-10,12-13,16,21-23,25,30H,2,8,11,14-15H2,1H3,(H,26,31);1-2,4-7,9-10,14,20-21,24,29H,3,8,11-13H2,(H,25,30);7-8,10-11,15-16,20-21,23,28H,1-6,9,12-14H2,(H,24,29)/t21-,22-,23-;;/m0../s1. The van der Waals surface area contributed by atoms with Crippen molar-refractivity contribution in [1.29, 1.82) is 0 Å². The molecule has 1 saturated carbocycles. The number of halogens is 1. The number of carbonyl (C=O) groups is 3. The van der Waals surface area contributed by atoms with E-state index in [0.717, 1.165) is 101 Å². The van der Waals surface area contributed by atoms with Crippen molar-refractivity contribution in [2.45, 2.75) is 159 Å². The molecule has 12 rings (SSSR count). The molecule has 4 aliphatic rings. The molecule has 4 fully saturated rings. The van der Waals surface area contributed by atoms with Crippen LogP contribution in [0.1, 0.15) is 122 Å². The van der Waals surface area contributed by atoms with E-state index >= 15 is 0 Å². The summed E-state index contributed by atoms with van der Waals surface area (Å²) in [5.74, 6) is 0.119. The van der Waals surface area contributed by atoms with E-state index in [4.69, 9.17) is 0 Å². The fourth-order valence-corrected chi connectivity index (χ4v) is 11.8. The van der Waals surface area contributed by atoms with E-state index in [9.17, 15) is 34.1 Å². The minimum atomic E-state index is -0.628. The molecule has 90 heavy (non-hydrogen) atoms. The highest BCUT2D eigenvalue weighted by molar-refractivity contribution is 5.84. The lowest BCUT2D eigenvalue weighted by molar-refractivity contribution is -0.126. The van der Waals surface area contributed by atoms with Gasteiger partial charge in [0.25, 0.3) is 0 Å². The summed E-state index contributed by atoms with van der Waals surface area (Å²) in [6.07, 6.45) is 18.9. The Morgan fingerprint density at radius 2 is 0.911 bits per heavy atom. The summed E-state index contributed by atoms with van der Waals surface area (Å²) < 4.78 is 18.3. The van der Waals surface area contributed by atoms with Gasteiger partial charge in [-0.05, 0) is 166 Å². The lowest BCUT2D eigenvalue weighted by Crippen LogP contribution is -2.46. The van der Waals surface area contributed by atoms with E-state index < -0.39 is 36.4 Å². The molecule has 0 spiro atoms. The summed E-state index contributed by atoms with van der Waals surface area (Å²) in [6.45, 7) is 4.86. The molecule has 474 valence electrons. The molecular formula is C68H84FN15O6. The van der Waals surface area contributed by atoms with Crippen molar-refractivity contribution >= 4 is 17.7 Å². The third-order valence-electron chi connectivity index (χ3n) is 17.3. The number of aliphatic hydroxyl groups excluding tert-OH is 3. The molecule has 1 aliphatic carbocycles. The Kier molecular flexibility index (Phi) is 23.2. The summed E-state index contributed by atoms with van der Waals surface area (Å²) in [4.78, 5) is 36.8. The number of nitrogens with one attached hydrogen (secondary N) is 6. The number of nitrogens with zero attached hydrogens (tertiary/aromatic N) is 9. The molecule has 8 aromatic rings. The SMILES string of the molecule is CC[C@H](NC(=O)[C@H]1NCC[C@@H]1O)c1ccc(-n2cc(CCc3ccccc3)nn2)cc1.O=C(NCc1ccc(-n2cc(CCC3CCCCC3)nn2)cc1)C1NCCC1O.O=C(NCc1ccc(-n2cc(CCc3ccc(F)cc3)nn2)cc1)C1NCCC1O. The number of rotatable bonds is 22. The van der Waals surface area contributed by atoms with E-state index in [-0.39, 0.29) is 29.6 Å². The van der Waals surface area contributed by atoms with Crippen molar-refractivity contribution in [1.82, 2.24) is 76.9 Å². The third kappa shape index (κ3) is 18.4. The molecule has 3 aromatic heterocycles. The van der Waals surface area contributed by atoms with Crippen molar-refractivity contribution in [3.05, 3.63) is 197 Å². The van der Waals surface area contributed by atoms with Gasteiger partial charge in [-0.1, -0.05) is 134 Å². The predicted molar refractivity (Wildman–Crippen MR) is 339 cm³/mol. The summed E-state index contributed by atoms with van der Waals surface area (Å²) in [5.41, 5.74) is 11.0. The van der Waals surface area contributed by atoms with Gasteiger partial charge in [0.05, 0.1) is 77.1 Å². The molecule has 22 heteroatoms. The molecule has 21 nitrogen and oxygen atoms in total. The van der Waals surface area contributed by atoms with E-state index in [1.807, 2.05) is 121 Å². The Balaban J connectivity index is 0.000000149. The molecule has 5 aromatic carbocycles. The third-order valence-corrected chi connectivity index (χ3v) is 17.3. The zero-order valence-corrected chi connectivity index (χ0v) is 51.1. The number of aryl methyl sites for hydroxylation is 5. The summed E-state index contributed by atoms with van der Waals surface area (Å²) in [7, 11) is 0. The first-order chi connectivity index (χ1) is 43.9. The van der Waals surface area contributed by atoms with Gasteiger partial charge in [-0.3, -0.25) is 14.4 Å². The summed E-state index contributed by atoms with van der Waals surface area (Å²) in [6, 6.07) is 38.8. The number of hydrogen-bond acceptors (Lipinski definition) is 15. The van der Waals surface area contributed by atoms with Gasteiger partial charge in [-0.15, -0.1) is 15.3 Å². The van der Waals surface area contributed by atoms with Crippen LogP contribution in [0.25, 0.3) is 17.1 Å². The maximum absolute atomic E-state index is 13.0. The van der Waals surface area contributed by atoms with Crippen LogP contribution in [-0.4, -0.2) is 134 Å². The number of carbonyl (C=O) groups excluding carboxylic acids is 3. The van der Waals surface area contributed by atoms with E-state index in [2.05, 4.69) is 75.0 Å². The Labute approximate surface area is 524 Å². The smallest absolute Gasteiger partial charge is 0.240 e. The first-order valence-corrected chi connectivity index (χ1v) is 31.8. The number of hydrogen-bond donors (Lipinski definition) is 9. The monoisotopic (exact) mass is 1230 g/mol. The van der Waals surface area contributed by atoms with Crippen molar-refractivity contribution in [2.24, 2.45) is 5.92 Å². The zero-order chi connectivity index (χ0) is 62.6. The van der Waals surface area contributed by atoms with Gasteiger partial charge >= 0.3 is 0 Å². The van der Waals surface area contributed by atoms with Crippen LogP contribution in [0.15, 0.2) is 146 Å². The van der Waals surface area contributed by atoms with Crippen molar-refractivity contribution in [2.75, 3.05) is 19.6 Å². The van der Waals surface area contributed by atoms with Crippen molar-refractivity contribution < 1.29 is 34.1 Å². The Hall–Kier alpha value is -8.38. The molecule has 4 unspecified atom stereocenters. The lowest BCUT2D eigenvalue weighted by atomic mass is 9.86. The second-order valence-corrected chi connectivity index (χ2v) is 23.8. The number of aliphatic hydroxyl groups is 3. The van der Waals surface area contributed by atoms with Gasteiger partial charge in [0.1, 0.15) is 23.9 Å². The Morgan fingerprint density at radius 3 is 1.34 bits per heavy atom. The van der Waals surface area contributed by atoms with E-state index in [1.54, 1.807) is 21.5 Å². The maximum atomic E-state index is 13.0. The quantitative estimate of drug-likeness (QED) is 0.0377. The largest absolute Gasteiger partial charge is 0.391 e. The molecule has 6 heterocycles. The number of benzene rings is 5. The molecule has 0 bridgehead atoms. The highest BCUT2D eigenvalue weighted by atomic mass is 19.1. The molecule has 0 radical (unpaired) electrons. The second-order valence-electron chi connectivity index (χ2n) is 23.8. The van der Waals surface area contributed by atoms with Gasteiger partial charge in [0.2, 0.25) is 17.7 Å². The topological polar surface area (TPSA) is 276 Å². The first kappa shape index (κ1) is 64.6. The molecule has 9 N–H and O–H groups in total. The lowest BCUT2D eigenvalue weighted by Gasteiger charge is -2.21. The van der Waals surface area contributed by atoms with Crippen LogP contribution < -0.4 is 31.9 Å². The predicted octanol–water partition coefficient (Wildman–Crippen LogP) is 5.99. The van der Waals surface area contributed by atoms with Crippen LogP contribution in [0.5, 0.6) is 0 Å². The van der Waals surface area contributed by atoms with Crippen LogP contribution >= 0.6 is 0 Å². The van der Waals surface area contributed by atoms with Crippen LogP contribution in [0.2, 0.25) is 0 Å².